The van der Waals surface area contributed by atoms with Gasteiger partial charge < -0.3 is 9.84 Å². The van der Waals surface area contributed by atoms with Crippen LogP contribution >= 0.6 is 12.4 Å². The Morgan fingerprint density at radius 2 is 2.04 bits per heavy atom. The summed E-state index contributed by atoms with van der Waals surface area (Å²) in [5.74, 6) is 1.55. The SMILES string of the molecule is CCCc1nc(CN2CCNCC2c2ccc(CC)cc2)no1.Cl. The van der Waals surface area contributed by atoms with Crippen molar-refractivity contribution in [3.63, 3.8) is 0 Å². The first-order chi connectivity index (χ1) is 11.3. The van der Waals surface area contributed by atoms with E-state index in [1.807, 2.05) is 0 Å². The van der Waals surface area contributed by atoms with Crippen molar-refractivity contribution in [1.29, 1.82) is 0 Å². The molecule has 2 aromatic rings. The van der Waals surface area contributed by atoms with E-state index in [4.69, 9.17) is 4.52 Å². The van der Waals surface area contributed by atoms with Crippen LogP contribution in [0.2, 0.25) is 0 Å². The first-order valence-corrected chi connectivity index (χ1v) is 8.65. The van der Waals surface area contributed by atoms with Gasteiger partial charge in [-0.15, -0.1) is 12.4 Å². The van der Waals surface area contributed by atoms with Crippen LogP contribution in [-0.4, -0.2) is 34.7 Å². The number of halogens is 1. The Bertz CT molecular complexity index is 614. The molecule has 2 heterocycles. The third-order valence-corrected chi connectivity index (χ3v) is 4.45. The predicted octanol–water partition coefficient (Wildman–Crippen LogP) is 3.15. The molecule has 1 aromatic heterocycles. The molecule has 1 fully saturated rings. The van der Waals surface area contributed by atoms with Crippen LogP contribution < -0.4 is 5.32 Å². The lowest BCUT2D eigenvalue weighted by molar-refractivity contribution is 0.148. The van der Waals surface area contributed by atoms with Crippen molar-refractivity contribution < 1.29 is 4.52 Å². The van der Waals surface area contributed by atoms with Gasteiger partial charge in [0.25, 0.3) is 0 Å². The Balaban J connectivity index is 0.00000208. The monoisotopic (exact) mass is 350 g/mol. The average molecular weight is 351 g/mol. The number of hydrogen-bond donors (Lipinski definition) is 1. The summed E-state index contributed by atoms with van der Waals surface area (Å²) in [6.07, 6.45) is 2.97. The molecule has 1 unspecified atom stereocenters. The Morgan fingerprint density at radius 1 is 1.25 bits per heavy atom. The second-order valence-electron chi connectivity index (χ2n) is 6.14. The Labute approximate surface area is 150 Å². The minimum absolute atomic E-state index is 0. The number of aryl methyl sites for hydroxylation is 2. The van der Waals surface area contributed by atoms with E-state index < -0.39 is 0 Å². The number of piperazine rings is 1. The van der Waals surface area contributed by atoms with Crippen LogP contribution in [0.15, 0.2) is 28.8 Å². The van der Waals surface area contributed by atoms with Gasteiger partial charge in [-0.3, -0.25) is 4.90 Å². The van der Waals surface area contributed by atoms with Crippen LogP contribution in [0.3, 0.4) is 0 Å². The number of aromatic nitrogens is 2. The molecule has 0 radical (unpaired) electrons. The molecule has 1 aliphatic rings. The van der Waals surface area contributed by atoms with Crippen molar-refractivity contribution in [1.82, 2.24) is 20.4 Å². The quantitative estimate of drug-likeness (QED) is 0.867. The van der Waals surface area contributed by atoms with Crippen molar-refractivity contribution in [3.8, 4) is 0 Å². The lowest BCUT2D eigenvalue weighted by atomic mass is 10.0. The van der Waals surface area contributed by atoms with Crippen LogP contribution in [0.1, 0.15) is 49.2 Å². The molecule has 1 saturated heterocycles. The number of benzene rings is 1. The summed E-state index contributed by atoms with van der Waals surface area (Å²) in [7, 11) is 0. The lowest BCUT2D eigenvalue weighted by Crippen LogP contribution is -2.45. The Hall–Kier alpha value is -1.43. The molecule has 0 spiro atoms. The minimum Gasteiger partial charge on any atom is -0.339 e. The number of rotatable bonds is 6. The minimum atomic E-state index is 0. The molecule has 3 rings (SSSR count). The molecule has 6 heteroatoms. The molecular weight excluding hydrogens is 324 g/mol. The molecule has 0 saturated carbocycles. The van der Waals surface area contributed by atoms with Gasteiger partial charge >= 0.3 is 0 Å². The van der Waals surface area contributed by atoms with E-state index >= 15 is 0 Å². The second-order valence-corrected chi connectivity index (χ2v) is 6.14. The first kappa shape index (κ1) is 18.9. The zero-order valence-electron chi connectivity index (χ0n) is 14.5. The molecule has 132 valence electrons. The zero-order valence-corrected chi connectivity index (χ0v) is 15.3. The first-order valence-electron chi connectivity index (χ1n) is 8.65. The third-order valence-electron chi connectivity index (χ3n) is 4.45. The summed E-state index contributed by atoms with van der Waals surface area (Å²) in [5.41, 5.74) is 2.73. The summed E-state index contributed by atoms with van der Waals surface area (Å²) in [6.45, 7) is 8.02. The van der Waals surface area contributed by atoms with Crippen molar-refractivity contribution >= 4 is 12.4 Å². The summed E-state index contributed by atoms with van der Waals surface area (Å²) in [5, 5.41) is 7.63. The fourth-order valence-corrected chi connectivity index (χ4v) is 3.09. The highest BCUT2D eigenvalue weighted by molar-refractivity contribution is 5.85. The largest absolute Gasteiger partial charge is 0.339 e. The maximum absolute atomic E-state index is 5.31. The van der Waals surface area contributed by atoms with Gasteiger partial charge in [-0.05, 0) is 24.0 Å². The molecule has 1 N–H and O–H groups in total. The van der Waals surface area contributed by atoms with Gasteiger partial charge in [-0.2, -0.15) is 4.98 Å². The van der Waals surface area contributed by atoms with Crippen LogP contribution in [0.4, 0.5) is 0 Å². The van der Waals surface area contributed by atoms with Crippen molar-refractivity contribution in [3.05, 3.63) is 47.1 Å². The van der Waals surface area contributed by atoms with Crippen molar-refractivity contribution in [2.24, 2.45) is 0 Å². The Morgan fingerprint density at radius 3 is 2.75 bits per heavy atom. The summed E-state index contributed by atoms with van der Waals surface area (Å²) < 4.78 is 5.31. The average Bonchev–Trinajstić information content (AvgIpc) is 3.03. The fraction of sp³-hybridized carbons (Fsp3) is 0.556. The van der Waals surface area contributed by atoms with Gasteiger partial charge in [0, 0.05) is 32.1 Å². The smallest absolute Gasteiger partial charge is 0.226 e. The topological polar surface area (TPSA) is 54.2 Å². The maximum atomic E-state index is 5.31. The van der Waals surface area contributed by atoms with Gasteiger partial charge in [-0.25, -0.2) is 0 Å². The molecule has 1 aliphatic heterocycles. The molecule has 5 nitrogen and oxygen atoms in total. The zero-order chi connectivity index (χ0) is 16.1. The maximum Gasteiger partial charge on any atom is 0.226 e. The van der Waals surface area contributed by atoms with E-state index in [2.05, 4.69) is 58.5 Å². The normalized spacial score (nSPS) is 18.3. The highest BCUT2D eigenvalue weighted by Gasteiger charge is 2.25. The summed E-state index contributed by atoms with van der Waals surface area (Å²) >= 11 is 0. The van der Waals surface area contributed by atoms with Crippen LogP contribution in [-0.2, 0) is 19.4 Å². The number of nitrogens with one attached hydrogen (secondary N) is 1. The van der Waals surface area contributed by atoms with Crippen LogP contribution in [0, 0.1) is 0 Å². The highest BCUT2D eigenvalue weighted by Crippen LogP contribution is 2.24. The van der Waals surface area contributed by atoms with Crippen LogP contribution in [0.25, 0.3) is 0 Å². The highest BCUT2D eigenvalue weighted by atomic mass is 35.5. The Kier molecular flexibility index (Phi) is 7.21. The van der Waals surface area contributed by atoms with Crippen molar-refractivity contribution in [2.75, 3.05) is 19.6 Å². The molecule has 24 heavy (non-hydrogen) atoms. The standard InChI is InChI=1S/C18H26N4O.ClH/c1-3-5-18-20-17(21-23-18)13-22-11-10-19-12-16(22)15-8-6-14(4-2)7-9-15;/h6-9,16,19H,3-5,10-13H2,1-2H3;1H. The number of nitrogens with zero attached hydrogens (tertiary/aromatic N) is 3. The van der Waals surface area contributed by atoms with E-state index in [0.29, 0.717) is 6.04 Å². The molecule has 1 aromatic carbocycles. The van der Waals surface area contributed by atoms with E-state index in [1.165, 1.54) is 11.1 Å². The fourth-order valence-electron chi connectivity index (χ4n) is 3.09. The van der Waals surface area contributed by atoms with E-state index in [1.54, 1.807) is 0 Å². The van der Waals surface area contributed by atoms with E-state index in [9.17, 15) is 0 Å². The van der Waals surface area contributed by atoms with Crippen molar-refractivity contribution in [2.45, 2.75) is 45.7 Å². The molecule has 0 bridgehead atoms. The van der Waals surface area contributed by atoms with Crippen LogP contribution in [0.5, 0.6) is 0 Å². The van der Waals surface area contributed by atoms with Gasteiger partial charge in [0.05, 0.1) is 6.54 Å². The van der Waals surface area contributed by atoms with E-state index in [0.717, 1.165) is 57.2 Å². The number of hydrogen-bond acceptors (Lipinski definition) is 5. The summed E-state index contributed by atoms with van der Waals surface area (Å²) in [4.78, 5) is 6.95. The van der Waals surface area contributed by atoms with E-state index in [-0.39, 0.29) is 12.4 Å². The molecule has 1 atom stereocenters. The molecule has 0 aliphatic carbocycles. The van der Waals surface area contributed by atoms with Gasteiger partial charge in [0.15, 0.2) is 5.82 Å². The second kappa shape index (κ2) is 9.16. The predicted molar refractivity (Wildman–Crippen MR) is 97.4 cm³/mol. The van der Waals surface area contributed by atoms with Gasteiger partial charge in [-0.1, -0.05) is 43.3 Å². The third kappa shape index (κ3) is 4.56. The lowest BCUT2D eigenvalue weighted by Gasteiger charge is -2.35. The summed E-state index contributed by atoms with van der Waals surface area (Å²) in [6, 6.07) is 9.33. The molecular formula is C18H27ClN4O. The molecule has 0 amide bonds. The van der Waals surface area contributed by atoms with Gasteiger partial charge in [0.1, 0.15) is 0 Å². The van der Waals surface area contributed by atoms with Gasteiger partial charge in [0.2, 0.25) is 5.89 Å².